The summed E-state index contributed by atoms with van der Waals surface area (Å²) >= 11 is 0. The summed E-state index contributed by atoms with van der Waals surface area (Å²) in [6.45, 7) is 0.164. The Hall–Kier alpha value is -1.46. The van der Waals surface area contributed by atoms with Gasteiger partial charge in [-0.25, -0.2) is 9.97 Å². The van der Waals surface area contributed by atoms with Gasteiger partial charge in [-0.1, -0.05) is 0 Å². The molecule has 5 heteroatoms. The van der Waals surface area contributed by atoms with E-state index in [1.807, 2.05) is 19.2 Å². The van der Waals surface area contributed by atoms with Gasteiger partial charge in [0.2, 0.25) is 0 Å². The van der Waals surface area contributed by atoms with Crippen LogP contribution in [0, 0.1) is 0 Å². The second-order valence-corrected chi connectivity index (χ2v) is 3.13. The van der Waals surface area contributed by atoms with Crippen molar-refractivity contribution in [1.29, 1.82) is 0 Å². The van der Waals surface area contributed by atoms with Gasteiger partial charge in [-0.15, -0.1) is 0 Å². The van der Waals surface area contributed by atoms with Gasteiger partial charge in [0.15, 0.2) is 5.65 Å². The van der Waals surface area contributed by atoms with Crippen molar-refractivity contribution < 1.29 is 5.11 Å². The molecule has 0 aliphatic carbocycles. The highest BCUT2D eigenvalue weighted by molar-refractivity contribution is 5.71. The lowest BCUT2D eigenvalue weighted by atomic mass is 10.3. The topological polar surface area (TPSA) is 77.0 Å². The minimum absolute atomic E-state index is 0.164. The van der Waals surface area contributed by atoms with Gasteiger partial charge in [-0.2, -0.15) is 0 Å². The van der Waals surface area contributed by atoms with E-state index in [9.17, 15) is 5.11 Å². The van der Waals surface area contributed by atoms with Crippen molar-refractivity contribution >= 4 is 11.2 Å². The minimum Gasteiger partial charge on any atom is -0.384 e. The molecule has 0 saturated heterocycles. The lowest BCUT2D eigenvalue weighted by molar-refractivity contribution is 0.174. The van der Waals surface area contributed by atoms with E-state index in [0.717, 1.165) is 5.52 Å². The number of nitrogens with two attached hydrogens (primary N) is 1. The summed E-state index contributed by atoms with van der Waals surface area (Å²) in [6.07, 6.45) is 0.947. The van der Waals surface area contributed by atoms with Crippen molar-refractivity contribution in [2.24, 2.45) is 12.8 Å². The fourth-order valence-corrected chi connectivity index (χ4v) is 1.45. The van der Waals surface area contributed by atoms with E-state index in [1.165, 1.54) is 0 Å². The fourth-order valence-electron chi connectivity index (χ4n) is 1.45. The Balaban J connectivity index is 2.62. The quantitative estimate of drug-likeness (QED) is 0.700. The van der Waals surface area contributed by atoms with Gasteiger partial charge in [0.05, 0.1) is 5.52 Å². The van der Waals surface area contributed by atoms with E-state index >= 15 is 0 Å². The number of hydrogen-bond donors (Lipinski definition) is 2. The summed E-state index contributed by atoms with van der Waals surface area (Å²) < 4.78 is 1.81. The number of aliphatic hydroxyl groups excluding tert-OH is 1. The maximum atomic E-state index is 9.58. The first-order chi connectivity index (χ1) is 6.74. The average molecular weight is 192 g/mol. The molecule has 2 rings (SSSR count). The highest BCUT2D eigenvalue weighted by Crippen LogP contribution is 2.16. The molecule has 2 aromatic heterocycles. The van der Waals surface area contributed by atoms with E-state index < -0.39 is 6.10 Å². The Morgan fingerprint density at radius 1 is 1.64 bits per heavy atom. The molecule has 1 unspecified atom stereocenters. The molecule has 0 spiro atoms. The Labute approximate surface area is 81.2 Å². The molecule has 0 aromatic carbocycles. The second-order valence-electron chi connectivity index (χ2n) is 3.13. The molecule has 0 radical (unpaired) electrons. The summed E-state index contributed by atoms with van der Waals surface area (Å²) in [6, 6.07) is 3.74. The number of fused-ring (bicyclic) bond motifs is 1. The average Bonchev–Trinajstić information content (AvgIpc) is 2.56. The molecule has 1 atom stereocenters. The molecular weight excluding hydrogens is 180 g/mol. The predicted molar refractivity (Wildman–Crippen MR) is 52.5 cm³/mol. The van der Waals surface area contributed by atoms with Crippen molar-refractivity contribution in [3.63, 3.8) is 0 Å². The number of pyridine rings is 1. The van der Waals surface area contributed by atoms with Crippen LogP contribution in [-0.2, 0) is 7.05 Å². The van der Waals surface area contributed by atoms with Crippen molar-refractivity contribution in [2.45, 2.75) is 6.10 Å². The number of nitrogens with zero attached hydrogens (tertiary/aromatic N) is 3. The van der Waals surface area contributed by atoms with E-state index in [4.69, 9.17) is 5.73 Å². The molecule has 5 nitrogen and oxygen atoms in total. The van der Waals surface area contributed by atoms with Crippen LogP contribution in [0.15, 0.2) is 18.3 Å². The van der Waals surface area contributed by atoms with Gasteiger partial charge in [-0.3, -0.25) is 0 Å². The first-order valence-corrected chi connectivity index (χ1v) is 4.39. The van der Waals surface area contributed by atoms with Crippen molar-refractivity contribution in [1.82, 2.24) is 14.5 Å². The van der Waals surface area contributed by atoms with E-state index in [1.54, 1.807) is 10.8 Å². The number of rotatable bonds is 2. The van der Waals surface area contributed by atoms with Gasteiger partial charge >= 0.3 is 0 Å². The molecule has 0 aliphatic rings. The minimum atomic E-state index is -0.728. The lowest BCUT2D eigenvalue weighted by Gasteiger charge is -2.06. The molecular formula is C9H12N4O. The van der Waals surface area contributed by atoms with Crippen molar-refractivity contribution in [3.8, 4) is 0 Å². The van der Waals surface area contributed by atoms with Gasteiger partial charge in [0.1, 0.15) is 11.9 Å². The van der Waals surface area contributed by atoms with Crippen LogP contribution < -0.4 is 5.73 Å². The maximum Gasteiger partial charge on any atom is 0.178 e. The normalized spacial score (nSPS) is 13.4. The summed E-state index contributed by atoms with van der Waals surface area (Å²) in [7, 11) is 1.84. The monoisotopic (exact) mass is 192 g/mol. The summed E-state index contributed by atoms with van der Waals surface area (Å²) in [5.74, 6) is 0.557. The smallest absolute Gasteiger partial charge is 0.178 e. The lowest BCUT2D eigenvalue weighted by Crippen LogP contribution is -2.15. The standard InChI is InChI=1S/C9H12N4O/c1-13-6-3-2-4-11-8(6)12-9(13)7(14)5-10/h2-4,7,14H,5,10H2,1H3. The molecule has 74 valence electrons. The maximum absolute atomic E-state index is 9.58. The van der Waals surface area contributed by atoms with Crippen LogP contribution in [0.5, 0.6) is 0 Å². The molecule has 14 heavy (non-hydrogen) atoms. The molecule has 0 saturated carbocycles. The first kappa shape index (κ1) is 9.11. The highest BCUT2D eigenvalue weighted by Gasteiger charge is 2.14. The zero-order chi connectivity index (χ0) is 10.1. The van der Waals surface area contributed by atoms with Gasteiger partial charge in [0.25, 0.3) is 0 Å². The van der Waals surface area contributed by atoms with Crippen LogP contribution in [0.3, 0.4) is 0 Å². The number of hydrogen-bond acceptors (Lipinski definition) is 4. The number of imidazole rings is 1. The van der Waals surface area contributed by atoms with E-state index in [0.29, 0.717) is 11.5 Å². The molecule has 2 aromatic rings. The zero-order valence-electron chi connectivity index (χ0n) is 7.88. The molecule has 0 aliphatic heterocycles. The van der Waals surface area contributed by atoms with E-state index in [-0.39, 0.29) is 6.54 Å². The number of aliphatic hydroxyl groups is 1. The van der Waals surface area contributed by atoms with Crippen LogP contribution in [0.4, 0.5) is 0 Å². The third-order valence-electron chi connectivity index (χ3n) is 2.21. The van der Waals surface area contributed by atoms with E-state index in [2.05, 4.69) is 9.97 Å². The predicted octanol–water partition coefficient (Wildman–Crippen LogP) is -0.0396. The molecule has 2 heterocycles. The molecule has 3 N–H and O–H groups in total. The highest BCUT2D eigenvalue weighted by atomic mass is 16.3. The third-order valence-corrected chi connectivity index (χ3v) is 2.21. The summed E-state index contributed by atoms with van der Waals surface area (Å²) in [5.41, 5.74) is 6.91. The number of aryl methyl sites for hydroxylation is 1. The Bertz CT molecular complexity index is 451. The SMILES string of the molecule is Cn1c(C(O)CN)nc2ncccc21. The molecule has 0 bridgehead atoms. The van der Waals surface area contributed by atoms with Crippen LogP contribution in [0.1, 0.15) is 11.9 Å². The van der Waals surface area contributed by atoms with Gasteiger partial charge in [0, 0.05) is 19.8 Å². The zero-order valence-corrected chi connectivity index (χ0v) is 7.88. The Kier molecular flexibility index (Phi) is 2.18. The Morgan fingerprint density at radius 3 is 3.07 bits per heavy atom. The molecule has 0 amide bonds. The van der Waals surface area contributed by atoms with Crippen molar-refractivity contribution in [3.05, 3.63) is 24.2 Å². The Morgan fingerprint density at radius 2 is 2.43 bits per heavy atom. The first-order valence-electron chi connectivity index (χ1n) is 4.39. The van der Waals surface area contributed by atoms with Crippen molar-refractivity contribution in [2.75, 3.05) is 6.54 Å². The summed E-state index contributed by atoms with van der Waals surface area (Å²) in [5, 5.41) is 9.58. The van der Waals surface area contributed by atoms with Gasteiger partial charge < -0.3 is 15.4 Å². The van der Waals surface area contributed by atoms with Gasteiger partial charge in [-0.05, 0) is 12.1 Å². The largest absolute Gasteiger partial charge is 0.384 e. The van der Waals surface area contributed by atoms with Crippen LogP contribution in [0.2, 0.25) is 0 Å². The third kappa shape index (κ3) is 1.26. The molecule has 0 fully saturated rings. The van der Waals surface area contributed by atoms with Crippen LogP contribution in [0.25, 0.3) is 11.2 Å². The second kappa shape index (κ2) is 3.36. The number of aromatic nitrogens is 3. The summed E-state index contributed by atoms with van der Waals surface area (Å²) in [4.78, 5) is 8.30. The fraction of sp³-hybridized carbons (Fsp3) is 0.333. The van der Waals surface area contributed by atoms with Crippen LogP contribution in [-0.4, -0.2) is 26.2 Å². The van der Waals surface area contributed by atoms with Crippen LogP contribution >= 0.6 is 0 Å².